The Morgan fingerprint density at radius 1 is 1.16 bits per heavy atom. The molecule has 1 aromatic heterocycles. The third kappa shape index (κ3) is 2.70. The van der Waals surface area contributed by atoms with E-state index in [4.69, 9.17) is 16.0 Å². The summed E-state index contributed by atoms with van der Waals surface area (Å²) in [6.07, 6.45) is 6.11. The highest BCUT2D eigenvalue weighted by Crippen LogP contribution is 2.36. The van der Waals surface area contributed by atoms with Crippen LogP contribution >= 0.6 is 27.5 Å². The molecule has 3 nitrogen and oxygen atoms in total. The van der Waals surface area contributed by atoms with Crippen molar-refractivity contribution in [1.29, 1.82) is 0 Å². The van der Waals surface area contributed by atoms with Gasteiger partial charge in [-0.2, -0.15) is 0 Å². The van der Waals surface area contributed by atoms with Crippen LogP contribution in [0, 0.1) is 0 Å². The fourth-order valence-electron chi connectivity index (χ4n) is 2.53. The van der Waals surface area contributed by atoms with E-state index in [9.17, 15) is 0 Å². The number of hydrogen-bond acceptors (Lipinski definition) is 3. The van der Waals surface area contributed by atoms with E-state index in [0.29, 0.717) is 16.8 Å². The second kappa shape index (κ2) is 5.63. The van der Waals surface area contributed by atoms with Gasteiger partial charge in [0.15, 0.2) is 0 Å². The Kier molecular flexibility index (Phi) is 3.89. The van der Waals surface area contributed by atoms with Crippen LogP contribution < -0.4 is 0 Å². The Morgan fingerprint density at radius 3 is 2.74 bits per heavy atom. The summed E-state index contributed by atoms with van der Waals surface area (Å²) in [7, 11) is 0. The molecule has 5 heteroatoms. The van der Waals surface area contributed by atoms with Crippen molar-refractivity contribution in [2.45, 2.75) is 38.0 Å². The Hall–Kier alpha value is -0.870. The van der Waals surface area contributed by atoms with Crippen molar-refractivity contribution in [1.82, 2.24) is 10.2 Å². The van der Waals surface area contributed by atoms with Crippen LogP contribution in [0.1, 0.15) is 43.9 Å². The van der Waals surface area contributed by atoms with Crippen LogP contribution in [0.5, 0.6) is 0 Å². The second-order valence-corrected chi connectivity index (χ2v) is 6.11. The van der Waals surface area contributed by atoms with E-state index in [0.717, 1.165) is 28.8 Å². The molecule has 3 rings (SSSR count). The molecule has 100 valence electrons. The zero-order chi connectivity index (χ0) is 13.2. The monoisotopic (exact) mass is 340 g/mol. The fourth-order valence-corrected chi connectivity index (χ4v) is 3.10. The van der Waals surface area contributed by atoms with Gasteiger partial charge in [-0.3, -0.25) is 0 Å². The maximum absolute atomic E-state index is 6.25. The third-order valence-electron chi connectivity index (χ3n) is 3.58. The summed E-state index contributed by atoms with van der Waals surface area (Å²) in [6.45, 7) is 0. The maximum Gasteiger partial charge on any atom is 0.249 e. The molecule has 0 unspecified atom stereocenters. The average Bonchev–Trinajstić information content (AvgIpc) is 2.92. The maximum atomic E-state index is 6.25. The molecular formula is C14H14BrClN2O. The number of nitrogens with zero attached hydrogens (tertiary/aromatic N) is 2. The zero-order valence-corrected chi connectivity index (χ0v) is 12.7. The second-order valence-electron chi connectivity index (χ2n) is 4.88. The molecule has 0 bridgehead atoms. The molecule has 0 saturated heterocycles. The lowest BCUT2D eigenvalue weighted by Gasteiger charge is -2.17. The molecule has 1 aliphatic carbocycles. The topological polar surface area (TPSA) is 38.9 Å². The molecule has 0 radical (unpaired) electrons. The lowest BCUT2D eigenvalue weighted by Crippen LogP contribution is -2.04. The first-order valence-corrected chi connectivity index (χ1v) is 7.70. The Labute approximate surface area is 125 Å². The van der Waals surface area contributed by atoms with E-state index in [-0.39, 0.29) is 0 Å². The van der Waals surface area contributed by atoms with Crippen molar-refractivity contribution in [3.8, 4) is 11.5 Å². The summed E-state index contributed by atoms with van der Waals surface area (Å²) >= 11 is 9.65. The Bertz CT molecular complexity index is 579. The van der Waals surface area contributed by atoms with E-state index in [1.807, 2.05) is 18.2 Å². The predicted molar refractivity (Wildman–Crippen MR) is 78.3 cm³/mol. The van der Waals surface area contributed by atoms with Gasteiger partial charge >= 0.3 is 0 Å². The van der Waals surface area contributed by atoms with Gasteiger partial charge in [0.2, 0.25) is 11.8 Å². The van der Waals surface area contributed by atoms with Gasteiger partial charge in [-0.25, -0.2) is 0 Å². The molecule has 1 saturated carbocycles. The molecule has 1 fully saturated rings. The van der Waals surface area contributed by atoms with Crippen molar-refractivity contribution in [3.05, 3.63) is 33.6 Å². The van der Waals surface area contributed by atoms with E-state index in [1.165, 1.54) is 19.3 Å². The van der Waals surface area contributed by atoms with Gasteiger partial charge in [0.25, 0.3) is 0 Å². The van der Waals surface area contributed by atoms with Crippen LogP contribution in [0.4, 0.5) is 0 Å². The molecule has 19 heavy (non-hydrogen) atoms. The van der Waals surface area contributed by atoms with Crippen LogP contribution in [0.3, 0.4) is 0 Å². The minimum absolute atomic E-state index is 0.418. The quantitative estimate of drug-likeness (QED) is 0.753. The van der Waals surface area contributed by atoms with Crippen LogP contribution in [0.15, 0.2) is 27.1 Å². The molecule has 0 atom stereocenters. The molecule has 1 heterocycles. The highest BCUT2D eigenvalue weighted by atomic mass is 79.9. The van der Waals surface area contributed by atoms with Crippen molar-refractivity contribution in [2.24, 2.45) is 0 Å². The summed E-state index contributed by atoms with van der Waals surface area (Å²) in [5.41, 5.74) is 0.783. The number of rotatable bonds is 2. The van der Waals surface area contributed by atoms with Gasteiger partial charge in [0.05, 0.1) is 10.6 Å². The molecule has 2 aromatic rings. The summed E-state index contributed by atoms with van der Waals surface area (Å²) in [5, 5.41) is 8.95. The van der Waals surface area contributed by atoms with E-state index in [2.05, 4.69) is 26.1 Å². The van der Waals surface area contributed by atoms with E-state index in [1.54, 1.807) is 0 Å². The molecule has 1 aromatic carbocycles. The van der Waals surface area contributed by atoms with Crippen LogP contribution in [0.25, 0.3) is 11.5 Å². The molecular weight excluding hydrogens is 328 g/mol. The Morgan fingerprint density at radius 2 is 1.95 bits per heavy atom. The Balaban J connectivity index is 1.90. The first-order chi connectivity index (χ1) is 9.25. The molecule has 0 aliphatic heterocycles. The summed E-state index contributed by atoms with van der Waals surface area (Å²) in [5.74, 6) is 1.68. The average molecular weight is 342 g/mol. The van der Waals surface area contributed by atoms with Gasteiger partial charge in [-0.15, -0.1) is 10.2 Å². The van der Waals surface area contributed by atoms with Crippen LogP contribution in [-0.4, -0.2) is 10.2 Å². The largest absolute Gasteiger partial charge is 0.420 e. The fraction of sp³-hybridized carbons (Fsp3) is 0.429. The minimum atomic E-state index is 0.418. The van der Waals surface area contributed by atoms with Crippen molar-refractivity contribution >= 4 is 27.5 Å². The first kappa shape index (κ1) is 13.1. The van der Waals surface area contributed by atoms with E-state index < -0.39 is 0 Å². The standard InChI is InChI=1S/C14H14BrClN2O/c15-11-8-4-7-10(12(11)16)14-18-17-13(19-14)9-5-2-1-3-6-9/h4,7-9H,1-3,5-6H2. The molecule has 0 amide bonds. The van der Waals surface area contributed by atoms with Crippen molar-refractivity contribution in [2.75, 3.05) is 0 Å². The van der Waals surface area contributed by atoms with Gasteiger partial charge in [-0.1, -0.05) is 36.9 Å². The SMILES string of the molecule is Clc1c(Br)cccc1-c1nnc(C2CCCCC2)o1. The number of halogens is 2. The van der Waals surface area contributed by atoms with Gasteiger partial charge in [0, 0.05) is 10.4 Å². The molecule has 0 N–H and O–H groups in total. The summed E-state index contributed by atoms with van der Waals surface area (Å²) < 4.78 is 6.65. The normalized spacial score (nSPS) is 16.7. The number of hydrogen-bond donors (Lipinski definition) is 0. The minimum Gasteiger partial charge on any atom is -0.420 e. The number of aromatic nitrogens is 2. The smallest absolute Gasteiger partial charge is 0.249 e. The van der Waals surface area contributed by atoms with Crippen molar-refractivity contribution in [3.63, 3.8) is 0 Å². The lowest BCUT2D eigenvalue weighted by molar-refractivity contribution is 0.367. The predicted octanol–water partition coefficient (Wildman–Crippen LogP) is 5.20. The van der Waals surface area contributed by atoms with Crippen molar-refractivity contribution < 1.29 is 4.42 Å². The third-order valence-corrected chi connectivity index (χ3v) is 4.87. The summed E-state index contributed by atoms with van der Waals surface area (Å²) in [4.78, 5) is 0. The first-order valence-electron chi connectivity index (χ1n) is 6.53. The lowest BCUT2D eigenvalue weighted by atomic mass is 9.89. The van der Waals surface area contributed by atoms with E-state index >= 15 is 0 Å². The zero-order valence-electron chi connectivity index (χ0n) is 10.4. The van der Waals surface area contributed by atoms with Gasteiger partial charge < -0.3 is 4.42 Å². The highest BCUT2D eigenvalue weighted by molar-refractivity contribution is 9.10. The highest BCUT2D eigenvalue weighted by Gasteiger charge is 2.22. The molecule has 1 aliphatic rings. The molecule has 0 spiro atoms. The van der Waals surface area contributed by atoms with Crippen LogP contribution in [0.2, 0.25) is 5.02 Å². The van der Waals surface area contributed by atoms with Gasteiger partial charge in [0.1, 0.15) is 0 Å². The number of benzene rings is 1. The van der Waals surface area contributed by atoms with Crippen LogP contribution in [-0.2, 0) is 0 Å². The van der Waals surface area contributed by atoms with Gasteiger partial charge in [-0.05, 0) is 40.9 Å². The summed E-state index contributed by atoms with van der Waals surface area (Å²) in [6, 6.07) is 5.70.